The Labute approximate surface area is 141 Å². The topological polar surface area (TPSA) is 49.3 Å². The van der Waals surface area contributed by atoms with E-state index in [1.807, 2.05) is 0 Å². The lowest BCUT2D eigenvalue weighted by Gasteiger charge is -2.29. The van der Waals surface area contributed by atoms with Crippen molar-refractivity contribution in [1.82, 2.24) is 5.32 Å². The molecule has 3 nitrogen and oxygen atoms in total. The van der Waals surface area contributed by atoms with Crippen LogP contribution < -0.4 is 5.32 Å². The number of amides is 1. The van der Waals surface area contributed by atoms with Crippen molar-refractivity contribution < 1.29 is 9.90 Å². The Morgan fingerprint density at radius 1 is 1.23 bits per heavy atom. The van der Waals surface area contributed by atoms with Gasteiger partial charge in [-0.05, 0) is 50.2 Å². The number of thioether (sulfide) groups is 1. The van der Waals surface area contributed by atoms with Crippen LogP contribution in [0.5, 0.6) is 0 Å². The average molecular weight is 330 g/mol. The molecule has 0 fully saturated rings. The van der Waals surface area contributed by atoms with Crippen molar-refractivity contribution in [2.75, 3.05) is 18.9 Å². The van der Waals surface area contributed by atoms with Gasteiger partial charge < -0.3 is 10.4 Å². The smallest absolute Gasteiger partial charge is 0.236 e. The zero-order valence-electron chi connectivity index (χ0n) is 14.9. The highest BCUT2D eigenvalue weighted by Gasteiger charge is 2.34. The molecule has 0 saturated carbocycles. The van der Waals surface area contributed by atoms with Crippen molar-refractivity contribution in [1.29, 1.82) is 0 Å². The molecule has 0 saturated heterocycles. The van der Waals surface area contributed by atoms with Gasteiger partial charge in [0.25, 0.3) is 0 Å². The zero-order valence-corrected chi connectivity index (χ0v) is 15.7. The van der Waals surface area contributed by atoms with Crippen LogP contribution in [0.15, 0.2) is 12.2 Å². The van der Waals surface area contributed by atoms with E-state index in [1.54, 1.807) is 11.8 Å². The van der Waals surface area contributed by atoms with Crippen molar-refractivity contribution in [3.63, 3.8) is 0 Å². The van der Waals surface area contributed by atoms with Gasteiger partial charge in [-0.1, -0.05) is 39.8 Å². The first-order valence-electron chi connectivity index (χ1n) is 8.70. The van der Waals surface area contributed by atoms with Crippen LogP contribution in [0.25, 0.3) is 0 Å². The molecular weight excluding hydrogens is 294 g/mol. The highest BCUT2D eigenvalue weighted by molar-refractivity contribution is 8.01. The van der Waals surface area contributed by atoms with Gasteiger partial charge in [0.1, 0.15) is 0 Å². The minimum absolute atomic E-state index is 0.00261. The van der Waals surface area contributed by atoms with E-state index in [2.05, 4.69) is 45.2 Å². The fraction of sp³-hybridized carbons (Fsp3) is 0.833. The number of rotatable bonds is 13. The van der Waals surface area contributed by atoms with Crippen LogP contribution >= 0.6 is 11.8 Å². The van der Waals surface area contributed by atoms with E-state index in [-0.39, 0.29) is 17.3 Å². The molecule has 0 rings (SSSR count). The number of allylic oxidation sites excluding steroid dienone is 2. The van der Waals surface area contributed by atoms with E-state index in [4.69, 9.17) is 5.11 Å². The second-order valence-corrected chi connectivity index (χ2v) is 7.60. The van der Waals surface area contributed by atoms with Gasteiger partial charge in [0.15, 0.2) is 0 Å². The monoisotopic (exact) mass is 329 g/mol. The number of hydrogen-bond donors (Lipinski definition) is 2. The summed E-state index contributed by atoms with van der Waals surface area (Å²) < 4.78 is -0.331. The minimum Gasteiger partial charge on any atom is -0.395 e. The Balaban J connectivity index is 4.05. The minimum atomic E-state index is -0.331. The van der Waals surface area contributed by atoms with Gasteiger partial charge in [-0.15, -0.1) is 11.8 Å². The molecule has 0 spiro atoms. The Morgan fingerprint density at radius 2 is 1.91 bits per heavy atom. The van der Waals surface area contributed by atoms with Crippen molar-refractivity contribution in [2.24, 2.45) is 5.92 Å². The Morgan fingerprint density at radius 3 is 2.45 bits per heavy atom. The molecule has 0 unspecified atom stereocenters. The fourth-order valence-electron chi connectivity index (χ4n) is 2.29. The predicted octanol–water partition coefficient (Wildman–Crippen LogP) is 4.16. The maximum absolute atomic E-state index is 12.3. The Kier molecular flexibility index (Phi) is 12.7. The summed E-state index contributed by atoms with van der Waals surface area (Å²) in [5.74, 6) is 1.83. The van der Waals surface area contributed by atoms with Crippen molar-refractivity contribution in [2.45, 2.75) is 71.0 Å². The van der Waals surface area contributed by atoms with Gasteiger partial charge >= 0.3 is 0 Å². The first-order valence-corrected chi connectivity index (χ1v) is 9.69. The second kappa shape index (κ2) is 13.0. The summed E-state index contributed by atoms with van der Waals surface area (Å²) in [5.41, 5.74) is 0. The summed E-state index contributed by atoms with van der Waals surface area (Å²) in [7, 11) is 0. The van der Waals surface area contributed by atoms with E-state index < -0.39 is 0 Å². The predicted molar refractivity (Wildman–Crippen MR) is 98.3 cm³/mol. The van der Waals surface area contributed by atoms with Crippen molar-refractivity contribution >= 4 is 17.7 Å². The van der Waals surface area contributed by atoms with Gasteiger partial charge in [-0.3, -0.25) is 4.79 Å². The molecule has 0 aromatic carbocycles. The normalized spacial score (nSPS) is 12.3. The molecule has 4 heteroatoms. The lowest BCUT2D eigenvalue weighted by Crippen LogP contribution is -2.44. The molecule has 130 valence electrons. The molecule has 0 aromatic rings. The van der Waals surface area contributed by atoms with E-state index in [1.165, 1.54) is 6.42 Å². The summed E-state index contributed by atoms with van der Waals surface area (Å²) in [5, 5.41) is 11.7. The molecular formula is C18H35NO2S. The molecule has 0 radical (unpaired) electrons. The summed E-state index contributed by atoms with van der Waals surface area (Å²) in [4.78, 5) is 12.3. The van der Waals surface area contributed by atoms with Crippen LogP contribution in [0.2, 0.25) is 0 Å². The first kappa shape index (κ1) is 21.5. The number of unbranched alkanes of at least 4 members (excludes halogenated alkanes) is 2. The number of aliphatic hydroxyl groups excluding tert-OH is 1. The molecule has 0 aliphatic rings. The summed E-state index contributed by atoms with van der Waals surface area (Å²) in [6.45, 7) is 8.97. The summed E-state index contributed by atoms with van der Waals surface area (Å²) in [6.07, 6.45) is 10.9. The quantitative estimate of drug-likeness (QED) is 0.394. The van der Waals surface area contributed by atoms with E-state index in [0.717, 1.165) is 43.8 Å². The highest BCUT2D eigenvalue weighted by Crippen LogP contribution is 2.33. The molecule has 22 heavy (non-hydrogen) atoms. The van der Waals surface area contributed by atoms with Crippen molar-refractivity contribution in [3.8, 4) is 0 Å². The van der Waals surface area contributed by atoms with Crippen LogP contribution in [-0.4, -0.2) is 34.7 Å². The maximum Gasteiger partial charge on any atom is 0.236 e. The van der Waals surface area contributed by atoms with Gasteiger partial charge in [0.05, 0.1) is 11.4 Å². The lowest BCUT2D eigenvalue weighted by atomic mass is 10.0. The number of carbonyl (C=O) groups is 1. The molecule has 0 aromatic heterocycles. The highest BCUT2D eigenvalue weighted by atomic mass is 32.2. The maximum atomic E-state index is 12.3. The number of aliphatic hydroxyl groups is 1. The van der Waals surface area contributed by atoms with Crippen LogP contribution in [0.1, 0.15) is 66.2 Å². The van der Waals surface area contributed by atoms with Crippen molar-refractivity contribution in [3.05, 3.63) is 12.2 Å². The molecule has 1 amide bonds. The summed E-state index contributed by atoms with van der Waals surface area (Å²) in [6, 6.07) is 0. The number of carbonyl (C=O) groups excluding carboxylic acids is 1. The van der Waals surface area contributed by atoms with Gasteiger partial charge in [0, 0.05) is 6.54 Å². The molecule has 0 aliphatic carbocycles. The van der Waals surface area contributed by atoms with Gasteiger partial charge in [-0.25, -0.2) is 0 Å². The third-order valence-electron chi connectivity index (χ3n) is 3.87. The van der Waals surface area contributed by atoms with E-state index in [9.17, 15) is 4.79 Å². The largest absolute Gasteiger partial charge is 0.395 e. The third-order valence-corrected chi connectivity index (χ3v) is 5.68. The Hall–Kier alpha value is -0.480. The lowest BCUT2D eigenvalue weighted by molar-refractivity contribution is -0.123. The Bertz CT molecular complexity index is 312. The van der Waals surface area contributed by atoms with Crippen LogP contribution in [-0.2, 0) is 4.79 Å². The fourth-order valence-corrected chi connectivity index (χ4v) is 3.64. The average Bonchev–Trinajstić information content (AvgIpc) is 2.51. The van der Waals surface area contributed by atoms with Gasteiger partial charge in [-0.2, -0.15) is 0 Å². The van der Waals surface area contributed by atoms with Crippen LogP contribution in [0.3, 0.4) is 0 Å². The molecule has 0 bridgehead atoms. The third kappa shape index (κ3) is 8.84. The zero-order chi connectivity index (χ0) is 16.8. The van der Waals surface area contributed by atoms with E-state index >= 15 is 0 Å². The van der Waals surface area contributed by atoms with E-state index in [0.29, 0.717) is 6.54 Å². The SMILES string of the molecule is CCC(CC)(SCCCC/C=C\CC(C)C)C(=O)NCCO. The molecule has 0 aliphatic heterocycles. The second-order valence-electron chi connectivity index (χ2n) is 6.13. The van der Waals surface area contributed by atoms with Crippen LogP contribution in [0, 0.1) is 5.92 Å². The number of nitrogens with one attached hydrogen (secondary N) is 1. The first-order chi connectivity index (χ1) is 10.5. The number of hydrogen-bond acceptors (Lipinski definition) is 3. The standard InChI is InChI=1S/C18H35NO2S/c1-5-18(6-2,17(21)19-13-14-20)22-15-11-9-7-8-10-12-16(3)4/h8,10,16,20H,5-7,9,11-15H2,1-4H3,(H,19,21)/b10-8-. The molecule has 2 N–H and O–H groups in total. The summed E-state index contributed by atoms with van der Waals surface area (Å²) >= 11 is 1.78. The van der Waals surface area contributed by atoms with Crippen LogP contribution in [0.4, 0.5) is 0 Å². The molecule has 0 heterocycles. The molecule has 0 atom stereocenters. The van der Waals surface area contributed by atoms with Gasteiger partial charge in [0.2, 0.25) is 5.91 Å².